The maximum Gasteiger partial charge on any atom is 0.407 e. The van der Waals surface area contributed by atoms with Gasteiger partial charge in [-0.05, 0) is 43.4 Å². The topological polar surface area (TPSA) is 99.8 Å². The van der Waals surface area contributed by atoms with E-state index in [4.69, 9.17) is 4.52 Å². The van der Waals surface area contributed by atoms with Crippen molar-refractivity contribution in [3.63, 3.8) is 0 Å². The normalized spacial score (nSPS) is 16.5. The highest BCUT2D eigenvalue weighted by Gasteiger charge is 2.39. The number of hydrogen-bond acceptors (Lipinski definition) is 5. The van der Waals surface area contributed by atoms with Gasteiger partial charge in [-0.3, -0.25) is 4.79 Å². The van der Waals surface area contributed by atoms with Gasteiger partial charge in [0, 0.05) is 36.3 Å². The number of carbonyl (C=O) groups is 2. The first kappa shape index (κ1) is 21.2. The van der Waals surface area contributed by atoms with Gasteiger partial charge >= 0.3 is 6.09 Å². The number of rotatable bonds is 6. The van der Waals surface area contributed by atoms with Gasteiger partial charge in [-0.1, -0.05) is 47.6 Å². The van der Waals surface area contributed by atoms with Crippen LogP contribution in [0.4, 0.5) is 4.79 Å². The van der Waals surface area contributed by atoms with Crippen LogP contribution in [0.3, 0.4) is 0 Å². The third kappa shape index (κ3) is 4.74. The standard InChI is InChI=1S/C25H26N4O4/c30-24(29(20-10-11-20)21-12-14-28(15-13-21)25(31)32)19-8-6-18(7-9-19)23-26-22(33-27-23)16-17-4-2-1-3-5-17/h1-9,20-21H,10-16H2,(H,31,32). The van der Waals surface area contributed by atoms with Crippen molar-refractivity contribution in [2.24, 2.45) is 0 Å². The Labute approximate surface area is 191 Å². The molecule has 3 aromatic rings. The van der Waals surface area contributed by atoms with Crippen LogP contribution in [0, 0.1) is 0 Å². The Morgan fingerprint density at radius 3 is 2.27 bits per heavy atom. The summed E-state index contributed by atoms with van der Waals surface area (Å²) in [5, 5.41) is 13.3. The van der Waals surface area contributed by atoms with Crippen LogP contribution < -0.4 is 0 Å². The van der Waals surface area contributed by atoms with E-state index in [2.05, 4.69) is 10.1 Å². The number of carbonyl (C=O) groups excluding carboxylic acids is 1. The van der Waals surface area contributed by atoms with Crippen molar-refractivity contribution in [3.8, 4) is 11.4 Å². The van der Waals surface area contributed by atoms with E-state index in [1.54, 1.807) is 0 Å². The highest BCUT2D eigenvalue weighted by molar-refractivity contribution is 5.95. The first-order valence-electron chi connectivity index (χ1n) is 11.4. The highest BCUT2D eigenvalue weighted by Crippen LogP contribution is 2.33. The Morgan fingerprint density at radius 2 is 1.64 bits per heavy atom. The minimum atomic E-state index is -0.887. The molecule has 2 amide bonds. The number of carboxylic acid groups (broad SMARTS) is 1. The van der Waals surface area contributed by atoms with E-state index in [0.717, 1.165) is 24.0 Å². The highest BCUT2D eigenvalue weighted by atomic mass is 16.5. The molecule has 0 spiro atoms. The van der Waals surface area contributed by atoms with Crippen molar-refractivity contribution in [2.75, 3.05) is 13.1 Å². The first-order valence-corrected chi connectivity index (χ1v) is 11.4. The molecular weight excluding hydrogens is 420 g/mol. The summed E-state index contributed by atoms with van der Waals surface area (Å²) < 4.78 is 5.40. The van der Waals surface area contributed by atoms with E-state index in [1.165, 1.54) is 4.90 Å². The molecule has 5 rings (SSSR count). The van der Waals surface area contributed by atoms with E-state index < -0.39 is 6.09 Å². The van der Waals surface area contributed by atoms with Crippen LogP contribution in [0.15, 0.2) is 59.1 Å². The van der Waals surface area contributed by atoms with Crippen LogP contribution in [0.25, 0.3) is 11.4 Å². The molecule has 8 nitrogen and oxygen atoms in total. The average molecular weight is 447 g/mol. The molecular formula is C25H26N4O4. The Kier molecular flexibility index (Phi) is 5.81. The molecule has 2 heterocycles. The number of aromatic nitrogens is 2. The summed E-state index contributed by atoms with van der Waals surface area (Å²) in [7, 11) is 0. The van der Waals surface area contributed by atoms with Crippen molar-refractivity contribution in [1.82, 2.24) is 19.9 Å². The average Bonchev–Trinajstić information content (AvgIpc) is 3.57. The lowest BCUT2D eigenvalue weighted by molar-refractivity contribution is 0.0551. The van der Waals surface area contributed by atoms with Crippen LogP contribution in [0.5, 0.6) is 0 Å². The van der Waals surface area contributed by atoms with Crippen molar-refractivity contribution in [1.29, 1.82) is 0 Å². The van der Waals surface area contributed by atoms with E-state index in [9.17, 15) is 14.7 Å². The molecule has 2 aromatic carbocycles. The molecule has 1 aliphatic heterocycles. The predicted octanol–water partition coefficient (Wildman–Crippen LogP) is 4.07. The molecule has 2 fully saturated rings. The predicted molar refractivity (Wildman–Crippen MR) is 121 cm³/mol. The molecule has 8 heteroatoms. The smallest absolute Gasteiger partial charge is 0.407 e. The second-order valence-electron chi connectivity index (χ2n) is 8.70. The quantitative estimate of drug-likeness (QED) is 0.613. The number of hydrogen-bond donors (Lipinski definition) is 1. The van der Waals surface area contributed by atoms with Gasteiger partial charge in [0.2, 0.25) is 11.7 Å². The van der Waals surface area contributed by atoms with E-state index in [1.807, 2.05) is 59.5 Å². The maximum atomic E-state index is 13.3. The molecule has 2 aliphatic rings. The zero-order valence-electron chi connectivity index (χ0n) is 18.3. The molecule has 1 aromatic heterocycles. The maximum absolute atomic E-state index is 13.3. The van der Waals surface area contributed by atoms with Crippen LogP contribution in [-0.4, -0.2) is 62.2 Å². The molecule has 1 aliphatic carbocycles. The molecule has 0 bridgehead atoms. The summed E-state index contributed by atoms with van der Waals surface area (Å²) in [6.07, 6.45) is 3.06. The van der Waals surface area contributed by atoms with Gasteiger partial charge < -0.3 is 19.4 Å². The molecule has 1 N–H and O–H groups in total. The molecule has 0 unspecified atom stereocenters. The SMILES string of the molecule is O=C(O)N1CCC(N(C(=O)c2ccc(-c3noc(Cc4ccccc4)n3)cc2)C2CC2)CC1. The lowest BCUT2D eigenvalue weighted by Crippen LogP contribution is -2.49. The fourth-order valence-corrected chi connectivity index (χ4v) is 4.44. The monoisotopic (exact) mass is 446 g/mol. The summed E-state index contributed by atoms with van der Waals surface area (Å²) in [6, 6.07) is 17.6. The van der Waals surface area contributed by atoms with Crippen LogP contribution in [0.2, 0.25) is 0 Å². The first-order chi connectivity index (χ1) is 16.1. The lowest BCUT2D eigenvalue weighted by atomic mass is 10.0. The van der Waals surface area contributed by atoms with Gasteiger partial charge in [-0.25, -0.2) is 4.79 Å². The van der Waals surface area contributed by atoms with Gasteiger partial charge in [0.05, 0.1) is 6.42 Å². The molecule has 1 saturated heterocycles. The second-order valence-corrected chi connectivity index (χ2v) is 8.70. The number of likely N-dealkylation sites (tertiary alicyclic amines) is 1. The van der Waals surface area contributed by atoms with Crippen molar-refractivity contribution in [3.05, 3.63) is 71.6 Å². The largest absolute Gasteiger partial charge is 0.465 e. The minimum absolute atomic E-state index is 0.00991. The third-order valence-electron chi connectivity index (χ3n) is 6.36. The van der Waals surface area contributed by atoms with Gasteiger partial charge in [0.1, 0.15) is 0 Å². The summed E-state index contributed by atoms with van der Waals surface area (Å²) in [4.78, 5) is 32.5. The lowest BCUT2D eigenvalue weighted by Gasteiger charge is -2.38. The van der Waals surface area contributed by atoms with E-state index in [0.29, 0.717) is 49.6 Å². The Morgan fingerprint density at radius 1 is 0.970 bits per heavy atom. The molecule has 1 saturated carbocycles. The summed E-state index contributed by atoms with van der Waals surface area (Å²) in [5.74, 6) is 1.06. The second kappa shape index (κ2) is 9.05. The fraction of sp³-hybridized carbons (Fsp3) is 0.360. The van der Waals surface area contributed by atoms with Crippen LogP contribution >= 0.6 is 0 Å². The number of piperidine rings is 1. The summed E-state index contributed by atoms with van der Waals surface area (Å²) in [5.41, 5.74) is 2.52. The van der Waals surface area contributed by atoms with Gasteiger partial charge in [0.15, 0.2) is 0 Å². The van der Waals surface area contributed by atoms with Crippen molar-refractivity contribution >= 4 is 12.0 Å². The molecule has 170 valence electrons. The van der Waals surface area contributed by atoms with Crippen molar-refractivity contribution in [2.45, 2.75) is 44.2 Å². The zero-order chi connectivity index (χ0) is 22.8. The Bertz CT molecular complexity index is 1120. The van der Waals surface area contributed by atoms with Crippen molar-refractivity contribution < 1.29 is 19.2 Å². The fourth-order valence-electron chi connectivity index (χ4n) is 4.44. The number of nitrogens with zero attached hydrogens (tertiary/aromatic N) is 4. The van der Waals surface area contributed by atoms with Gasteiger partial charge in [-0.15, -0.1) is 0 Å². The minimum Gasteiger partial charge on any atom is -0.465 e. The molecule has 33 heavy (non-hydrogen) atoms. The zero-order valence-corrected chi connectivity index (χ0v) is 18.3. The van der Waals surface area contributed by atoms with E-state index in [-0.39, 0.29) is 18.0 Å². The molecule has 0 radical (unpaired) electrons. The number of benzene rings is 2. The van der Waals surface area contributed by atoms with Crippen LogP contribution in [0.1, 0.15) is 47.5 Å². The Balaban J connectivity index is 1.27. The summed E-state index contributed by atoms with van der Waals surface area (Å²) in [6.45, 7) is 0.942. The summed E-state index contributed by atoms with van der Waals surface area (Å²) >= 11 is 0. The third-order valence-corrected chi connectivity index (χ3v) is 6.36. The van der Waals surface area contributed by atoms with Gasteiger partial charge in [0.25, 0.3) is 5.91 Å². The number of amides is 2. The molecule has 0 atom stereocenters. The van der Waals surface area contributed by atoms with Gasteiger partial charge in [-0.2, -0.15) is 4.98 Å². The Hall–Kier alpha value is -3.68. The van der Waals surface area contributed by atoms with E-state index >= 15 is 0 Å². The van der Waals surface area contributed by atoms with Crippen LogP contribution in [-0.2, 0) is 6.42 Å².